The van der Waals surface area contributed by atoms with E-state index in [2.05, 4.69) is 17.8 Å². The number of likely N-dealkylation sites (tertiary alicyclic amines) is 1. The van der Waals surface area contributed by atoms with Gasteiger partial charge >= 0.3 is 0 Å². The van der Waals surface area contributed by atoms with Crippen molar-refractivity contribution in [2.75, 3.05) is 19.6 Å². The Bertz CT molecular complexity index is 631. The fourth-order valence-electron chi connectivity index (χ4n) is 4.18. The molecule has 0 spiro atoms. The number of hydrogen-bond donors (Lipinski definition) is 2. The van der Waals surface area contributed by atoms with E-state index >= 15 is 0 Å². The molecule has 1 amide bonds. The van der Waals surface area contributed by atoms with Crippen LogP contribution in [0.3, 0.4) is 0 Å². The Morgan fingerprint density at radius 3 is 2.77 bits per heavy atom. The molecule has 0 saturated carbocycles. The Hall–Kier alpha value is -1.30. The number of carbonyl (C=O) groups is 1. The Balaban J connectivity index is 1.53. The van der Waals surface area contributed by atoms with Gasteiger partial charge in [-0.3, -0.25) is 15.6 Å². The molecule has 3 atom stereocenters. The molecule has 0 aromatic heterocycles. The Labute approximate surface area is 161 Å². The average Bonchev–Trinajstić information content (AvgIpc) is 3.12. The first-order valence-electron chi connectivity index (χ1n) is 9.69. The number of hydrogen-bond acceptors (Lipinski definition) is 4. The van der Waals surface area contributed by atoms with E-state index in [0.717, 1.165) is 43.8 Å². The van der Waals surface area contributed by atoms with Gasteiger partial charge in [0, 0.05) is 30.7 Å². The number of aryl methyl sites for hydroxylation is 1. The topological polar surface area (TPSA) is 53.6 Å². The van der Waals surface area contributed by atoms with Gasteiger partial charge in [0.25, 0.3) is 5.91 Å². The number of nitrogens with one attached hydrogen (secondary N) is 2. The summed E-state index contributed by atoms with van der Waals surface area (Å²) in [7, 11) is 0. The van der Waals surface area contributed by atoms with Crippen LogP contribution in [0.5, 0.6) is 5.75 Å². The highest BCUT2D eigenvalue weighted by Gasteiger charge is 2.36. The molecular formula is C20H30ClN3O2. The van der Waals surface area contributed by atoms with E-state index in [4.69, 9.17) is 16.3 Å². The summed E-state index contributed by atoms with van der Waals surface area (Å²) in [6, 6.07) is 6.01. The second-order valence-electron chi connectivity index (χ2n) is 7.55. The van der Waals surface area contributed by atoms with Crippen molar-refractivity contribution < 1.29 is 9.53 Å². The van der Waals surface area contributed by atoms with Gasteiger partial charge in [-0.05, 0) is 62.3 Å². The molecule has 2 aliphatic heterocycles. The zero-order chi connectivity index (χ0) is 18.7. The molecule has 2 saturated heterocycles. The van der Waals surface area contributed by atoms with Crippen LogP contribution in [0.15, 0.2) is 18.2 Å². The second-order valence-corrected chi connectivity index (χ2v) is 7.99. The van der Waals surface area contributed by atoms with Crippen molar-refractivity contribution in [3.63, 3.8) is 0 Å². The highest BCUT2D eigenvalue weighted by Crippen LogP contribution is 2.29. The summed E-state index contributed by atoms with van der Waals surface area (Å²) in [5.74, 6) is 2.12. The van der Waals surface area contributed by atoms with Crippen LogP contribution in [0, 0.1) is 18.8 Å². The molecule has 0 bridgehead atoms. The van der Waals surface area contributed by atoms with Crippen LogP contribution in [0.1, 0.15) is 38.7 Å². The summed E-state index contributed by atoms with van der Waals surface area (Å²) in [6.07, 6.45) is 2.80. The average molecular weight is 380 g/mol. The largest absolute Gasteiger partial charge is 0.481 e. The van der Waals surface area contributed by atoms with Crippen molar-refractivity contribution in [1.29, 1.82) is 0 Å². The minimum absolute atomic E-state index is 0.0716. The minimum Gasteiger partial charge on any atom is -0.481 e. The fourth-order valence-corrected chi connectivity index (χ4v) is 4.40. The van der Waals surface area contributed by atoms with Crippen LogP contribution in [-0.4, -0.2) is 42.6 Å². The molecule has 2 heterocycles. The third kappa shape index (κ3) is 4.33. The molecule has 2 aliphatic rings. The van der Waals surface area contributed by atoms with Crippen molar-refractivity contribution in [2.45, 2.75) is 52.2 Å². The van der Waals surface area contributed by atoms with Crippen LogP contribution in [-0.2, 0) is 4.79 Å². The lowest BCUT2D eigenvalue weighted by Crippen LogP contribution is -2.48. The summed E-state index contributed by atoms with van der Waals surface area (Å²) in [6.45, 7) is 8.69. The summed E-state index contributed by atoms with van der Waals surface area (Å²) in [5, 5.41) is 0.677. The zero-order valence-electron chi connectivity index (χ0n) is 15.9. The van der Waals surface area contributed by atoms with Gasteiger partial charge in [-0.2, -0.15) is 0 Å². The lowest BCUT2D eigenvalue weighted by molar-refractivity contribution is -0.139. The molecule has 2 N–H and O–H groups in total. The van der Waals surface area contributed by atoms with Crippen LogP contribution in [0.4, 0.5) is 0 Å². The lowest BCUT2D eigenvalue weighted by Gasteiger charge is -2.37. The van der Waals surface area contributed by atoms with Crippen molar-refractivity contribution in [3.8, 4) is 5.75 Å². The number of benzene rings is 1. The summed E-state index contributed by atoms with van der Waals surface area (Å²) in [4.78, 5) is 14.7. The van der Waals surface area contributed by atoms with Gasteiger partial charge in [0.2, 0.25) is 0 Å². The number of carbonyl (C=O) groups excluding carboxylic acids is 1. The quantitative estimate of drug-likeness (QED) is 0.825. The maximum Gasteiger partial charge on any atom is 0.263 e. The highest BCUT2D eigenvalue weighted by atomic mass is 35.5. The first-order chi connectivity index (χ1) is 12.5. The number of piperidine rings is 1. The summed E-state index contributed by atoms with van der Waals surface area (Å²) < 4.78 is 5.90. The molecule has 0 radical (unpaired) electrons. The molecule has 1 aromatic rings. The molecule has 6 heteroatoms. The third-order valence-corrected chi connectivity index (χ3v) is 6.05. The maximum atomic E-state index is 12.8. The number of nitrogens with zero attached hydrogens (tertiary/aromatic N) is 1. The van der Waals surface area contributed by atoms with E-state index in [9.17, 15) is 4.79 Å². The van der Waals surface area contributed by atoms with E-state index in [1.165, 1.54) is 6.42 Å². The van der Waals surface area contributed by atoms with Gasteiger partial charge in [-0.25, -0.2) is 0 Å². The maximum absolute atomic E-state index is 12.8. The van der Waals surface area contributed by atoms with Gasteiger partial charge in [0.15, 0.2) is 6.10 Å². The van der Waals surface area contributed by atoms with Crippen LogP contribution >= 0.6 is 11.6 Å². The number of hydrazine groups is 1. The van der Waals surface area contributed by atoms with Crippen molar-refractivity contribution in [3.05, 3.63) is 28.8 Å². The molecule has 5 nitrogen and oxygen atoms in total. The number of ether oxygens (including phenoxy) is 1. The Kier molecular flexibility index (Phi) is 6.43. The molecule has 3 rings (SSSR count). The summed E-state index contributed by atoms with van der Waals surface area (Å²) >= 11 is 5.99. The molecule has 0 aliphatic carbocycles. The molecular weight excluding hydrogens is 350 g/mol. The predicted molar refractivity (Wildman–Crippen MR) is 104 cm³/mol. The molecule has 3 unspecified atom stereocenters. The van der Waals surface area contributed by atoms with E-state index in [1.54, 1.807) is 6.07 Å². The molecule has 1 aromatic carbocycles. The monoisotopic (exact) mass is 379 g/mol. The normalized spacial score (nSPS) is 25.3. The van der Waals surface area contributed by atoms with Crippen molar-refractivity contribution in [2.24, 2.45) is 11.8 Å². The Morgan fingerprint density at radius 2 is 2.12 bits per heavy atom. The first-order valence-corrected chi connectivity index (χ1v) is 10.1. The van der Waals surface area contributed by atoms with E-state index < -0.39 is 6.10 Å². The number of amides is 1. The number of rotatable bonds is 5. The molecule has 144 valence electrons. The van der Waals surface area contributed by atoms with Gasteiger partial charge in [0.1, 0.15) is 5.75 Å². The van der Waals surface area contributed by atoms with E-state index in [0.29, 0.717) is 22.9 Å². The van der Waals surface area contributed by atoms with Crippen molar-refractivity contribution >= 4 is 17.5 Å². The van der Waals surface area contributed by atoms with Gasteiger partial charge in [-0.15, -0.1) is 0 Å². The molecule has 26 heavy (non-hydrogen) atoms. The van der Waals surface area contributed by atoms with Crippen LogP contribution in [0.25, 0.3) is 0 Å². The second kappa shape index (κ2) is 8.59. The number of halogens is 1. The fraction of sp³-hybridized carbons (Fsp3) is 0.650. The molecule has 2 fully saturated rings. The highest BCUT2D eigenvalue weighted by molar-refractivity contribution is 6.30. The van der Waals surface area contributed by atoms with Crippen LogP contribution in [0.2, 0.25) is 5.02 Å². The van der Waals surface area contributed by atoms with E-state index in [1.807, 2.05) is 30.9 Å². The first kappa shape index (κ1) is 19.5. The van der Waals surface area contributed by atoms with Crippen LogP contribution < -0.4 is 15.6 Å². The minimum atomic E-state index is -0.485. The lowest BCUT2D eigenvalue weighted by atomic mass is 9.82. The third-order valence-electron chi connectivity index (χ3n) is 5.81. The van der Waals surface area contributed by atoms with Crippen molar-refractivity contribution in [1.82, 2.24) is 15.8 Å². The van der Waals surface area contributed by atoms with Gasteiger partial charge in [0.05, 0.1) is 0 Å². The Morgan fingerprint density at radius 1 is 1.38 bits per heavy atom. The SMILES string of the molecule is CCC1CNNC1C1CCN(C(=O)C(C)Oc2ccc(Cl)cc2C)CC1. The zero-order valence-corrected chi connectivity index (χ0v) is 16.7. The smallest absolute Gasteiger partial charge is 0.263 e. The van der Waals surface area contributed by atoms with Gasteiger partial charge in [-0.1, -0.05) is 24.9 Å². The van der Waals surface area contributed by atoms with Gasteiger partial charge < -0.3 is 9.64 Å². The predicted octanol–water partition coefficient (Wildman–Crippen LogP) is 3.16. The van der Waals surface area contributed by atoms with E-state index in [-0.39, 0.29) is 5.91 Å². The standard InChI is InChI=1S/C20H30ClN3O2/c1-4-15-12-22-23-19(15)16-7-9-24(10-8-16)20(25)14(3)26-18-6-5-17(21)11-13(18)2/h5-6,11,14-16,19,22-23H,4,7-10,12H2,1-3H3. The summed E-state index contributed by atoms with van der Waals surface area (Å²) in [5.41, 5.74) is 7.69.